The van der Waals surface area contributed by atoms with Gasteiger partial charge in [0.15, 0.2) is 5.82 Å². The number of carbonyl (C=O) groups excluding carboxylic acids is 2. The van der Waals surface area contributed by atoms with Gasteiger partial charge in [-0.2, -0.15) is 5.10 Å². The molecule has 2 amide bonds. The monoisotopic (exact) mass is 461 g/mol. The maximum absolute atomic E-state index is 14.3. The highest BCUT2D eigenvalue weighted by Crippen LogP contribution is 2.30. The topological polar surface area (TPSA) is 116 Å². The predicted molar refractivity (Wildman–Crippen MR) is 124 cm³/mol. The molecule has 0 spiro atoms. The highest BCUT2D eigenvalue weighted by atomic mass is 19.1. The number of hydrogen-bond acceptors (Lipinski definition) is 4. The molecule has 0 aliphatic heterocycles. The molecule has 172 valence electrons. The molecule has 0 atom stereocenters. The summed E-state index contributed by atoms with van der Waals surface area (Å²) in [6.07, 6.45) is 0. The summed E-state index contributed by atoms with van der Waals surface area (Å²) >= 11 is 0. The molecule has 0 aliphatic rings. The summed E-state index contributed by atoms with van der Waals surface area (Å²) in [5.41, 5.74) is 14.3. The molecular weight excluding hydrogens is 440 g/mol. The summed E-state index contributed by atoms with van der Waals surface area (Å²) in [6.45, 7) is 2.15. The predicted octanol–water partition coefficient (Wildman–Crippen LogP) is 3.74. The summed E-state index contributed by atoms with van der Waals surface area (Å²) < 4.78 is 28.6. The van der Waals surface area contributed by atoms with Crippen LogP contribution in [0.25, 0.3) is 16.9 Å². The van der Waals surface area contributed by atoms with Gasteiger partial charge >= 0.3 is 0 Å². The molecule has 34 heavy (non-hydrogen) atoms. The highest BCUT2D eigenvalue weighted by molar-refractivity contribution is 6.03. The Hall–Kier alpha value is -4.53. The van der Waals surface area contributed by atoms with Crippen molar-refractivity contribution in [2.24, 2.45) is 5.73 Å². The fourth-order valence-corrected chi connectivity index (χ4v) is 3.60. The minimum absolute atomic E-state index is 0.0793. The molecule has 7 nitrogen and oxygen atoms in total. The van der Waals surface area contributed by atoms with E-state index in [9.17, 15) is 18.4 Å². The quantitative estimate of drug-likeness (QED) is 0.406. The highest BCUT2D eigenvalue weighted by Gasteiger charge is 2.23. The van der Waals surface area contributed by atoms with Crippen LogP contribution in [0.1, 0.15) is 31.8 Å². The third-order valence-corrected chi connectivity index (χ3v) is 5.38. The number of nitrogens with one attached hydrogen (secondary N) is 1. The molecule has 5 N–H and O–H groups in total. The van der Waals surface area contributed by atoms with Crippen LogP contribution >= 0.6 is 0 Å². The van der Waals surface area contributed by atoms with Crippen LogP contribution in [0.4, 0.5) is 14.6 Å². The number of halogens is 2. The normalized spacial score (nSPS) is 10.8. The van der Waals surface area contributed by atoms with Gasteiger partial charge in [-0.05, 0) is 36.2 Å². The lowest BCUT2D eigenvalue weighted by molar-refractivity contribution is 0.0949. The van der Waals surface area contributed by atoms with Crippen LogP contribution in [0.5, 0.6) is 0 Å². The van der Waals surface area contributed by atoms with Crippen molar-refractivity contribution in [1.82, 2.24) is 15.1 Å². The van der Waals surface area contributed by atoms with E-state index in [2.05, 4.69) is 10.4 Å². The molecule has 1 aromatic heterocycles. The molecule has 0 saturated heterocycles. The van der Waals surface area contributed by atoms with Crippen LogP contribution in [0, 0.1) is 18.6 Å². The first-order valence-corrected chi connectivity index (χ1v) is 10.3. The Balaban J connectivity index is 1.60. The average Bonchev–Trinajstić information content (AvgIpc) is 3.15. The Bertz CT molecular complexity index is 1400. The Labute approximate surface area is 194 Å². The van der Waals surface area contributed by atoms with Crippen LogP contribution in [0.15, 0.2) is 66.7 Å². The van der Waals surface area contributed by atoms with Crippen molar-refractivity contribution in [2.75, 3.05) is 5.73 Å². The van der Waals surface area contributed by atoms with Crippen LogP contribution < -0.4 is 16.8 Å². The van der Waals surface area contributed by atoms with Gasteiger partial charge in [0.25, 0.3) is 11.8 Å². The second-order valence-corrected chi connectivity index (χ2v) is 7.68. The first kappa shape index (κ1) is 22.7. The molecule has 3 aromatic carbocycles. The zero-order valence-corrected chi connectivity index (χ0v) is 18.2. The van der Waals surface area contributed by atoms with E-state index in [1.165, 1.54) is 6.07 Å². The number of hydrogen-bond donors (Lipinski definition) is 3. The average molecular weight is 461 g/mol. The van der Waals surface area contributed by atoms with E-state index in [0.717, 1.165) is 21.9 Å². The van der Waals surface area contributed by atoms with Gasteiger partial charge in [0.05, 0.1) is 0 Å². The third kappa shape index (κ3) is 4.36. The van der Waals surface area contributed by atoms with Crippen LogP contribution in [-0.4, -0.2) is 21.6 Å². The zero-order valence-electron chi connectivity index (χ0n) is 18.2. The second kappa shape index (κ2) is 9.14. The van der Waals surface area contributed by atoms with Gasteiger partial charge in [-0.3, -0.25) is 9.59 Å². The van der Waals surface area contributed by atoms with E-state index in [1.807, 2.05) is 19.1 Å². The van der Waals surface area contributed by atoms with Crippen molar-refractivity contribution >= 4 is 17.6 Å². The molecule has 1 heterocycles. The molecule has 0 saturated carbocycles. The van der Waals surface area contributed by atoms with Crippen molar-refractivity contribution in [1.29, 1.82) is 0 Å². The van der Waals surface area contributed by atoms with Gasteiger partial charge in [0, 0.05) is 23.7 Å². The van der Waals surface area contributed by atoms with E-state index in [4.69, 9.17) is 11.5 Å². The summed E-state index contributed by atoms with van der Waals surface area (Å²) in [7, 11) is 0. The standard InChI is InChI=1S/C25H21F2N5O2/c1-14-4-2-3-5-18(14)25(34)30-13-15-6-8-16(9-7-15)22-21(24(29)33)23(28)32(31-22)20-11-10-17(26)12-19(20)27/h2-12H,13,28H2,1H3,(H2,29,33)(H,30,34). The van der Waals surface area contributed by atoms with Gasteiger partial charge in [0.1, 0.15) is 28.6 Å². The number of anilines is 1. The summed E-state index contributed by atoms with van der Waals surface area (Å²) in [5, 5.41) is 7.14. The zero-order chi connectivity index (χ0) is 24.4. The molecule has 4 aromatic rings. The van der Waals surface area contributed by atoms with E-state index in [-0.39, 0.29) is 35.2 Å². The first-order valence-electron chi connectivity index (χ1n) is 10.3. The fraction of sp³-hybridized carbons (Fsp3) is 0.0800. The summed E-state index contributed by atoms with van der Waals surface area (Å²) in [5.74, 6) is -2.84. The third-order valence-electron chi connectivity index (χ3n) is 5.38. The molecule has 4 rings (SSSR count). The van der Waals surface area contributed by atoms with E-state index in [0.29, 0.717) is 17.2 Å². The van der Waals surface area contributed by atoms with Gasteiger partial charge in [-0.15, -0.1) is 0 Å². The maximum Gasteiger partial charge on any atom is 0.254 e. The lowest BCUT2D eigenvalue weighted by Gasteiger charge is -2.08. The number of carbonyl (C=O) groups is 2. The minimum Gasteiger partial charge on any atom is -0.383 e. The maximum atomic E-state index is 14.3. The lowest BCUT2D eigenvalue weighted by atomic mass is 10.0. The fourth-order valence-electron chi connectivity index (χ4n) is 3.60. The number of nitrogens with zero attached hydrogens (tertiary/aromatic N) is 2. The number of benzene rings is 3. The number of amides is 2. The number of primary amides is 1. The largest absolute Gasteiger partial charge is 0.383 e. The van der Waals surface area contributed by atoms with Crippen LogP contribution in [-0.2, 0) is 6.54 Å². The number of aryl methyl sites for hydroxylation is 1. The van der Waals surface area contributed by atoms with E-state index >= 15 is 0 Å². The van der Waals surface area contributed by atoms with Crippen LogP contribution in [0.2, 0.25) is 0 Å². The van der Waals surface area contributed by atoms with Gasteiger partial charge in [0.2, 0.25) is 0 Å². The Morgan fingerprint density at radius 2 is 1.74 bits per heavy atom. The van der Waals surface area contributed by atoms with Crippen LogP contribution in [0.3, 0.4) is 0 Å². The van der Waals surface area contributed by atoms with Crippen molar-refractivity contribution in [3.8, 4) is 16.9 Å². The smallest absolute Gasteiger partial charge is 0.254 e. The van der Waals surface area contributed by atoms with Gasteiger partial charge in [-0.1, -0.05) is 42.5 Å². The van der Waals surface area contributed by atoms with Crippen molar-refractivity contribution < 1.29 is 18.4 Å². The Kier molecular flexibility index (Phi) is 6.09. The molecular formula is C25H21F2N5O2. The summed E-state index contributed by atoms with van der Waals surface area (Å²) in [4.78, 5) is 24.5. The summed E-state index contributed by atoms with van der Waals surface area (Å²) in [6, 6.07) is 17.1. The van der Waals surface area contributed by atoms with E-state index in [1.54, 1.807) is 36.4 Å². The van der Waals surface area contributed by atoms with Crippen molar-refractivity contribution in [2.45, 2.75) is 13.5 Å². The number of rotatable bonds is 6. The molecule has 0 fully saturated rings. The number of nitrogens with two attached hydrogens (primary N) is 2. The number of nitrogen functional groups attached to an aromatic ring is 1. The Morgan fingerprint density at radius 1 is 1.03 bits per heavy atom. The molecule has 9 heteroatoms. The lowest BCUT2D eigenvalue weighted by Crippen LogP contribution is -2.23. The molecule has 0 bridgehead atoms. The number of aromatic nitrogens is 2. The minimum atomic E-state index is -0.892. The van der Waals surface area contributed by atoms with E-state index < -0.39 is 17.5 Å². The molecule has 0 aliphatic carbocycles. The Morgan fingerprint density at radius 3 is 2.38 bits per heavy atom. The van der Waals surface area contributed by atoms with Crippen molar-refractivity contribution in [3.63, 3.8) is 0 Å². The molecule has 0 unspecified atom stereocenters. The second-order valence-electron chi connectivity index (χ2n) is 7.68. The van der Waals surface area contributed by atoms with Gasteiger partial charge in [-0.25, -0.2) is 13.5 Å². The molecule has 0 radical (unpaired) electrons. The van der Waals surface area contributed by atoms with Crippen molar-refractivity contribution in [3.05, 3.63) is 101 Å². The van der Waals surface area contributed by atoms with Gasteiger partial charge < -0.3 is 16.8 Å². The SMILES string of the molecule is Cc1ccccc1C(=O)NCc1ccc(-c2nn(-c3ccc(F)cc3F)c(N)c2C(N)=O)cc1. The first-order chi connectivity index (χ1) is 16.3.